The smallest absolute Gasteiger partial charge is 0.253 e. The Morgan fingerprint density at radius 3 is 2.45 bits per heavy atom. The summed E-state index contributed by atoms with van der Waals surface area (Å²) in [6.07, 6.45) is 4.31. The number of carbonyl (C=O) groups is 1. The summed E-state index contributed by atoms with van der Waals surface area (Å²) in [5.74, 6) is 0.0253. The largest absolute Gasteiger partial charge is 0.346 e. The minimum Gasteiger partial charge on any atom is -0.346 e. The van der Waals surface area contributed by atoms with Crippen LogP contribution in [0.15, 0.2) is 6.07 Å². The van der Waals surface area contributed by atoms with Crippen molar-refractivity contribution in [3.8, 4) is 0 Å². The molecule has 0 aliphatic heterocycles. The molecule has 1 saturated carbocycles. The van der Waals surface area contributed by atoms with Crippen molar-refractivity contribution in [3.05, 3.63) is 23.0 Å². The number of nitrogens with two attached hydrogens (primary N) is 1. The third-order valence-electron chi connectivity index (χ3n) is 4.58. The number of nitrogens with zero attached hydrogens (tertiary/aromatic N) is 1. The van der Waals surface area contributed by atoms with Crippen LogP contribution in [0.5, 0.6) is 0 Å². The molecule has 4 heteroatoms. The van der Waals surface area contributed by atoms with Gasteiger partial charge in [-0.25, -0.2) is 0 Å². The van der Waals surface area contributed by atoms with Crippen molar-refractivity contribution >= 4 is 5.91 Å². The van der Waals surface area contributed by atoms with E-state index >= 15 is 0 Å². The molecule has 0 saturated heterocycles. The van der Waals surface area contributed by atoms with Crippen LogP contribution in [0.1, 0.15) is 67.3 Å². The molecular formula is C16H27N3O. The molecule has 0 atom stereocenters. The molecule has 0 radical (unpaired) electrons. The lowest BCUT2D eigenvalue weighted by Gasteiger charge is -2.28. The molecule has 0 aromatic carbocycles. The van der Waals surface area contributed by atoms with E-state index in [0.29, 0.717) is 12.6 Å². The minimum absolute atomic E-state index is 0.0253. The monoisotopic (exact) mass is 277 g/mol. The summed E-state index contributed by atoms with van der Waals surface area (Å²) in [7, 11) is 0. The average molecular weight is 277 g/mol. The van der Waals surface area contributed by atoms with Crippen LogP contribution in [0, 0.1) is 13.8 Å². The van der Waals surface area contributed by atoms with Crippen molar-refractivity contribution in [2.24, 2.45) is 5.73 Å². The number of aromatic nitrogens is 1. The molecule has 20 heavy (non-hydrogen) atoms. The molecule has 4 nitrogen and oxygen atoms in total. The molecule has 0 unspecified atom stereocenters. The van der Waals surface area contributed by atoms with Gasteiger partial charge in [0.2, 0.25) is 0 Å². The van der Waals surface area contributed by atoms with Gasteiger partial charge in [0.25, 0.3) is 5.91 Å². The van der Waals surface area contributed by atoms with Gasteiger partial charge in [0.05, 0.1) is 11.1 Å². The van der Waals surface area contributed by atoms with Gasteiger partial charge < -0.3 is 15.6 Å². The van der Waals surface area contributed by atoms with Crippen LogP contribution < -0.4 is 11.1 Å². The molecule has 1 aromatic heterocycles. The van der Waals surface area contributed by atoms with E-state index in [9.17, 15) is 4.79 Å². The topological polar surface area (TPSA) is 60.1 Å². The first-order valence-electron chi connectivity index (χ1n) is 7.61. The normalized spacial score (nSPS) is 17.7. The molecule has 1 amide bonds. The first kappa shape index (κ1) is 15.1. The zero-order chi connectivity index (χ0) is 14.9. The van der Waals surface area contributed by atoms with Crippen LogP contribution in [-0.4, -0.2) is 22.6 Å². The lowest BCUT2D eigenvalue weighted by atomic mass is 9.97. The SMILES string of the molecule is Cc1cc(C(=O)NC2(CN)CCCC2)c(C)n1C(C)C. The summed E-state index contributed by atoms with van der Waals surface area (Å²) in [6.45, 7) is 8.88. The zero-order valence-electron chi connectivity index (χ0n) is 13.1. The highest BCUT2D eigenvalue weighted by molar-refractivity contribution is 5.96. The van der Waals surface area contributed by atoms with Crippen molar-refractivity contribution in [1.82, 2.24) is 9.88 Å². The summed E-state index contributed by atoms with van der Waals surface area (Å²) < 4.78 is 2.21. The Labute approximate surface area is 121 Å². The Bertz CT molecular complexity index is 496. The average Bonchev–Trinajstić information content (AvgIpc) is 2.95. The maximum absolute atomic E-state index is 12.6. The van der Waals surface area contributed by atoms with Gasteiger partial charge in [0.15, 0.2) is 0 Å². The van der Waals surface area contributed by atoms with Crippen LogP contribution >= 0.6 is 0 Å². The molecule has 1 aliphatic carbocycles. The second kappa shape index (κ2) is 5.60. The van der Waals surface area contributed by atoms with Gasteiger partial charge in [-0.1, -0.05) is 12.8 Å². The summed E-state index contributed by atoms with van der Waals surface area (Å²) in [5.41, 5.74) is 8.68. The van der Waals surface area contributed by atoms with E-state index in [1.165, 1.54) is 0 Å². The minimum atomic E-state index is -0.183. The van der Waals surface area contributed by atoms with Crippen LogP contribution in [0.25, 0.3) is 0 Å². The molecule has 1 heterocycles. The molecule has 3 N–H and O–H groups in total. The Hall–Kier alpha value is -1.29. The first-order valence-corrected chi connectivity index (χ1v) is 7.61. The van der Waals surface area contributed by atoms with E-state index in [-0.39, 0.29) is 11.4 Å². The number of hydrogen-bond donors (Lipinski definition) is 2. The number of carbonyl (C=O) groups excluding carboxylic acids is 1. The van der Waals surface area contributed by atoms with Gasteiger partial charge in [-0.3, -0.25) is 4.79 Å². The van der Waals surface area contributed by atoms with E-state index in [4.69, 9.17) is 5.73 Å². The molecule has 0 spiro atoms. The van der Waals surface area contributed by atoms with Crippen LogP contribution in [-0.2, 0) is 0 Å². The van der Waals surface area contributed by atoms with E-state index in [0.717, 1.165) is 42.6 Å². The zero-order valence-corrected chi connectivity index (χ0v) is 13.1. The number of hydrogen-bond acceptors (Lipinski definition) is 2. The van der Waals surface area contributed by atoms with Crippen LogP contribution in [0.3, 0.4) is 0 Å². The molecule has 1 aliphatic rings. The Morgan fingerprint density at radius 2 is 2.00 bits per heavy atom. The predicted molar refractivity (Wildman–Crippen MR) is 82.0 cm³/mol. The quantitative estimate of drug-likeness (QED) is 0.889. The van der Waals surface area contributed by atoms with Crippen molar-refractivity contribution in [1.29, 1.82) is 0 Å². The fourth-order valence-corrected chi connectivity index (χ4v) is 3.54. The fraction of sp³-hybridized carbons (Fsp3) is 0.688. The van der Waals surface area contributed by atoms with E-state index in [2.05, 4.69) is 30.7 Å². The van der Waals surface area contributed by atoms with Gasteiger partial charge in [0, 0.05) is 24.0 Å². The number of aryl methyl sites for hydroxylation is 1. The highest BCUT2D eigenvalue weighted by Crippen LogP contribution is 2.29. The lowest BCUT2D eigenvalue weighted by Crippen LogP contribution is -2.51. The Morgan fingerprint density at radius 1 is 1.40 bits per heavy atom. The highest BCUT2D eigenvalue weighted by Gasteiger charge is 2.34. The molecule has 2 rings (SSSR count). The second-order valence-corrected chi connectivity index (χ2v) is 6.39. The molecule has 112 valence electrons. The van der Waals surface area contributed by atoms with Crippen molar-refractivity contribution in [2.45, 2.75) is 65.0 Å². The lowest BCUT2D eigenvalue weighted by molar-refractivity contribution is 0.0902. The number of amides is 1. The third kappa shape index (κ3) is 2.62. The summed E-state index contributed by atoms with van der Waals surface area (Å²) in [4.78, 5) is 12.6. The second-order valence-electron chi connectivity index (χ2n) is 6.39. The predicted octanol–water partition coefficient (Wildman–Crippen LogP) is 2.69. The Balaban J connectivity index is 2.24. The summed E-state index contributed by atoms with van der Waals surface area (Å²) >= 11 is 0. The molecule has 0 bridgehead atoms. The van der Waals surface area contributed by atoms with Crippen molar-refractivity contribution in [3.63, 3.8) is 0 Å². The molecule has 1 aromatic rings. The van der Waals surface area contributed by atoms with Gasteiger partial charge >= 0.3 is 0 Å². The summed E-state index contributed by atoms with van der Waals surface area (Å²) in [6, 6.07) is 2.36. The van der Waals surface area contributed by atoms with Crippen molar-refractivity contribution in [2.75, 3.05) is 6.54 Å². The third-order valence-corrected chi connectivity index (χ3v) is 4.58. The van der Waals surface area contributed by atoms with Gasteiger partial charge in [0.1, 0.15) is 0 Å². The van der Waals surface area contributed by atoms with Crippen molar-refractivity contribution < 1.29 is 4.79 Å². The molecular weight excluding hydrogens is 250 g/mol. The van der Waals surface area contributed by atoms with Gasteiger partial charge in [-0.05, 0) is 46.6 Å². The number of nitrogens with one attached hydrogen (secondary N) is 1. The summed E-state index contributed by atoms with van der Waals surface area (Å²) in [5, 5.41) is 3.20. The fourth-order valence-electron chi connectivity index (χ4n) is 3.54. The van der Waals surface area contributed by atoms with Crippen LogP contribution in [0.2, 0.25) is 0 Å². The van der Waals surface area contributed by atoms with E-state index in [1.54, 1.807) is 0 Å². The van der Waals surface area contributed by atoms with Crippen LogP contribution in [0.4, 0.5) is 0 Å². The maximum atomic E-state index is 12.6. The standard InChI is InChI=1S/C16H27N3O/c1-11(2)19-12(3)9-14(13(19)4)15(20)18-16(10-17)7-5-6-8-16/h9,11H,5-8,10,17H2,1-4H3,(H,18,20). The van der Waals surface area contributed by atoms with E-state index < -0.39 is 0 Å². The maximum Gasteiger partial charge on any atom is 0.253 e. The van der Waals surface area contributed by atoms with Gasteiger partial charge in [-0.15, -0.1) is 0 Å². The Kier molecular flexibility index (Phi) is 4.23. The van der Waals surface area contributed by atoms with E-state index in [1.807, 2.05) is 13.0 Å². The highest BCUT2D eigenvalue weighted by atomic mass is 16.1. The van der Waals surface area contributed by atoms with Gasteiger partial charge in [-0.2, -0.15) is 0 Å². The molecule has 1 fully saturated rings. The number of rotatable bonds is 4. The first-order chi connectivity index (χ1) is 9.40.